The molecule has 0 unspecified atom stereocenters. The second kappa shape index (κ2) is 8.14. The van der Waals surface area contributed by atoms with Gasteiger partial charge < -0.3 is 0 Å². The van der Waals surface area contributed by atoms with Gasteiger partial charge in [0.1, 0.15) is 0 Å². The molecule has 148 valence electrons. The second-order valence-electron chi connectivity index (χ2n) is 6.86. The quantitative estimate of drug-likeness (QED) is 0.801. The highest BCUT2D eigenvalue weighted by molar-refractivity contribution is 7.92. The second-order valence-corrected chi connectivity index (χ2v) is 8.87. The molecule has 0 aromatic heterocycles. The molecule has 0 fully saturated rings. The summed E-state index contributed by atoms with van der Waals surface area (Å²) in [6.45, 7) is 5.45. The molecule has 0 bridgehead atoms. The van der Waals surface area contributed by atoms with Gasteiger partial charge in [-0.15, -0.1) is 0 Å². The molecule has 1 aliphatic heterocycles. The van der Waals surface area contributed by atoms with Crippen molar-refractivity contribution in [2.75, 3.05) is 10.5 Å². The molecule has 6 nitrogen and oxygen atoms in total. The summed E-state index contributed by atoms with van der Waals surface area (Å²) in [4.78, 5) is 12.4. The Balaban J connectivity index is 1.86. The first kappa shape index (κ1) is 20.1. The Bertz CT molecular complexity index is 998. The van der Waals surface area contributed by atoms with Gasteiger partial charge in [0.25, 0.3) is 0 Å². The van der Waals surface area contributed by atoms with Crippen molar-refractivity contribution in [2.24, 2.45) is 5.10 Å². The highest BCUT2D eigenvalue weighted by Crippen LogP contribution is 2.33. The van der Waals surface area contributed by atoms with Crippen LogP contribution in [0.4, 0.5) is 5.69 Å². The van der Waals surface area contributed by atoms with Crippen LogP contribution in [0.1, 0.15) is 49.4 Å². The maximum Gasteiger partial charge on any atom is 0.242 e. The number of hydrazone groups is 1. The van der Waals surface area contributed by atoms with Crippen LogP contribution in [-0.2, 0) is 14.8 Å². The smallest absolute Gasteiger partial charge is 0.242 e. The zero-order valence-electron chi connectivity index (χ0n) is 16.3. The maximum absolute atomic E-state index is 12.4. The van der Waals surface area contributed by atoms with E-state index in [1.165, 1.54) is 0 Å². The van der Waals surface area contributed by atoms with Crippen LogP contribution in [0.25, 0.3) is 0 Å². The Morgan fingerprint density at radius 2 is 1.89 bits per heavy atom. The molecule has 2 aromatic rings. The van der Waals surface area contributed by atoms with Gasteiger partial charge in [-0.05, 0) is 37.1 Å². The van der Waals surface area contributed by atoms with Gasteiger partial charge in [-0.2, -0.15) is 5.10 Å². The normalized spacial score (nSPS) is 16.8. The number of carbonyl (C=O) groups excluding carboxylic acids is 1. The Hall–Kier alpha value is -2.67. The predicted molar refractivity (Wildman–Crippen MR) is 112 cm³/mol. The van der Waals surface area contributed by atoms with E-state index in [1.54, 1.807) is 24.1 Å². The summed E-state index contributed by atoms with van der Waals surface area (Å²) in [7, 11) is -3.31. The minimum Gasteiger partial charge on any atom is -0.284 e. The molecule has 28 heavy (non-hydrogen) atoms. The molecule has 0 spiro atoms. The summed E-state index contributed by atoms with van der Waals surface area (Å²) >= 11 is 0. The molecular formula is C21H25N3O3S. The van der Waals surface area contributed by atoms with Crippen LogP contribution in [0.5, 0.6) is 0 Å². The van der Waals surface area contributed by atoms with Crippen LogP contribution >= 0.6 is 0 Å². The van der Waals surface area contributed by atoms with Crippen molar-refractivity contribution in [1.29, 1.82) is 0 Å². The molecule has 0 radical (unpaired) electrons. The first-order valence-electron chi connectivity index (χ1n) is 9.40. The number of hydrogen-bond acceptors (Lipinski definition) is 4. The number of rotatable bonds is 6. The van der Waals surface area contributed by atoms with Crippen molar-refractivity contribution in [3.8, 4) is 0 Å². The van der Waals surface area contributed by atoms with E-state index >= 15 is 0 Å². The van der Waals surface area contributed by atoms with Gasteiger partial charge >= 0.3 is 0 Å². The highest BCUT2D eigenvalue weighted by Gasteiger charge is 2.32. The largest absolute Gasteiger partial charge is 0.284 e. The van der Waals surface area contributed by atoms with Crippen molar-refractivity contribution in [3.05, 3.63) is 65.2 Å². The van der Waals surface area contributed by atoms with Gasteiger partial charge in [-0.1, -0.05) is 48.9 Å². The average Bonchev–Trinajstić information content (AvgIpc) is 3.13. The van der Waals surface area contributed by atoms with Crippen molar-refractivity contribution < 1.29 is 13.2 Å². The van der Waals surface area contributed by atoms with E-state index in [-0.39, 0.29) is 17.7 Å². The average molecular weight is 400 g/mol. The first-order chi connectivity index (χ1) is 13.3. The van der Waals surface area contributed by atoms with Crippen LogP contribution in [0.3, 0.4) is 0 Å². The molecule has 1 N–H and O–H groups in total. The molecule has 3 rings (SSSR count). The highest BCUT2D eigenvalue weighted by atomic mass is 32.2. The maximum atomic E-state index is 12.4. The van der Waals surface area contributed by atoms with E-state index in [2.05, 4.69) is 15.9 Å². The SMILES string of the molecule is CCC(=O)N1N=C(c2ccc(NS(=O)(=O)CC)cc2)C[C@H]1c1cccc(C)c1. The predicted octanol–water partition coefficient (Wildman–Crippen LogP) is 3.84. The zero-order valence-corrected chi connectivity index (χ0v) is 17.2. The molecule has 1 atom stereocenters. The minimum atomic E-state index is -3.31. The molecule has 1 aliphatic rings. The van der Waals surface area contributed by atoms with E-state index < -0.39 is 10.0 Å². The van der Waals surface area contributed by atoms with E-state index in [4.69, 9.17) is 0 Å². The Kier molecular flexibility index (Phi) is 5.84. The standard InChI is InChI=1S/C21H25N3O3S/c1-4-21(25)24-20(17-8-6-7-15(3)13-17)14-19(22-24)16-9-11-18(12-10-16)23-28(26,27)5-2/h6-13,20,23H,4-5,14H2,1-3H3/t20-/m0/s1. The number of aryl methyl sites for hydroxylation is 1. The molecule has 0 aliphatic carbocycles. The molecule has 7 heteroatoms. The number of sulfonamides is 1. The van der Waals surface area contributed by atoms with E-state index in [9.17, 15) is 13.2 Å². The Morgan fingerprint density at radius 1 is 1.18 bits per heavy atom. The van der Waals surface area contributed by atoms with Crippen molar-refractivity contribution >= 4 is 27.3 Å². The number of amides is 1. The van der Waals surface area contributed by atoms with Crippen molar-refractivity contribution in [3.63, 3.8) is 0 Å². The lowest BCUT2D eigenvalue weighted by Crippen LogP contribution is -2.26. The van der Waals surface area contributed by atoms with Crippen LogP contribution < -0.4 is 4.72 Å². The lowest BCUT2D eigenvalue weighted by atomic mass is 9.97. The third-order valence-corrected chi connectivity index (χ3v) is 6.07. The lowest BCUT2D eigenvalue weighted by Gasteiger charge is -2.21. The molecule has 0 saturated carbocycles. The van der Waals surface area contributed by atoms with Gasteiger partial charge in [0.2, 0.25) is 15.9 Å². The number of anilines is 1. The van der Waals surface area contributed by atoms with Crippen molar-refractivity contribution in [1.82, 2.24) is 5.01 Å². The molecule has 1 heterocycles. The van der Waals surface area contributed by atoms with Crippen LogP contribution in [-0.4, -0.2) is 30.8 Å². The van der Waals surface area contributed by atoms with Gasteiger partial charge in [0, 0.05) is 18.5 Å². The molecule has 0 saturated heterocycles. The summed E-state index contributed by atoms with van der Waals surface area (Å²) < 4.78 is 25.9. The molecule has 1 amide bonds. The number of nitrogens with zero attached hydrogens (tertiary/aromatic N) is 2. The van der Waals surface area contributed by atoms with Gasteiger partial charge in [-0.3, -0.25) is 9.52 Å². The van der Waals surface area contributed by atoms with E-state index in [1.807, 2.05) is 44.2 Å². The van der Waals surface area contributed by atoms with Crippen molar-refractivity contribution in [2.45, 2.75) is 39.7 Å². The van der Waals surface area contributed by atoms with Crippen LogP contribution in [0.15, 0.2) is 53.6 Å². The number of nitrogens with one attached hydrogen (secondary N) is 1. The molecular weight excluding hydrogens is 374 g/mol. The fourth-order valence-electron chi connectivity index (χ4n) is 3.20. The fraction of sp³-hybridized carbons (Fsp3) is 0.333. The Morgan fingerprint density at radius 3 is 2.50 bits per heavy atom. The van der Waals surface area contributed by atoms with E-state index in [0.717, 1.165) is 22.4 Å². The summed E-state index contributed by atoms with van der Waals surface area (Å²) in [5.41, 5.74) is 4.41. The number of hydrogen-bond donors (Lipinski definition) is 1. The minimum absolute atomic E-state index is 0.0196. The third kappa shape index (κ3) is 4.42. The zero-order chi connectivity index (χ0) is 20.3. The first-order valence-corrected chi connectivity index (χ1v) is 11.0. The van der Waals surface area contributed by atoms with Gasteiger partial charge in [-0.25, -0.2) is 13.4 Å². The summed E-state index contributed by atoms with van der Waals surface area (Å²) in [5.74, 6) is 0.00195. The van der Waals surface area contributed by atoms with E-state index in [0.29, 0.717) is 18.5 Å². The third-order valence-electron chi connectivity index (χ3n) is 4.77. The lowest BCUT2D eigenvalue weighted by molar-refractivity contribution is -0.132. The number of benzene rings is 2. The summed E-state index contributed by atoms with van der Waals surface area (Å²) in [6, 6.07) is 15.1. The summed E-state index contributed by atoms with van der Waals surface area (Å²) in [6.07, 6.45) is 1.01. The van der Waals surface area contributed by atoms with Crippen LogP contribution in [0, 0.1) is 6.92 Å². The fourth-order valence-corrected chi connectivity index (χ4v) is 3.84. The topological polar surface area (TPSA) is 78.8 Å². The van der Waals surface area contributed by atoms with Crippen LogP contribution in [0.2, 0.25) is 0 Å². The Labute approximate surface area is 166 Å². The monoisotopic (exact) mass is 399 g/mol. The molecule has 2 aromatic carbocycles. The van der Waals surface area contributed by atoms with Gasteiger partial charge in [0.05, 0.1) is 17.5 Å². The summed E-state index contributed by atoms with van der Waals surface area (Å²) in [5, 5.41) is 6.18. The van der Waals surface area contributed by atoms with Gasteiger partial charge in [0.15, 0.2) is 0 Å². The number of carbonyl (C=O) groups is 1.